The zero-order valence-corrected chi connectivity index (χ0v) is 16.0. The fourth-order valence-electron chi connectivity index (χ4n) is 3.45. The molecule has 0 unspecified atom stereocenters. The monoisotopic (exact) mass is 397 g/mol. The number of likely N-dealkylation sites (tertiary alicyclic amines) is 1. The van der Waals surface area contributed by atoms with Crippen LogP contribution in [-0.4, -0.2) is 41.3 Å². The van der Waals surface area contributed by atoms with E-state index in [-0.39, 0.29) is 24.3 Å². The Kier molecular flexibility index (Phi) is 5.30. The number of para-hydroxylation sites is 2. The number of nitrogens with one attached hydrogen (secondary N) is 1. The predicted molar refractivity (Wildman–Crippen MR) is 106 cm³/mol. The lowest BCUT2D eigenvalue weighted by Crippen LogP contribution is -2.43. The summed E-state index contributed by atoms with van der Waals surface area (Å²) in [6.07, 6.45) is 1.58. The smallest absolute Gasteiger partial charge is 0.253 e. The van der Waals surface area contributed by atoms with Gasteiger partial charge in [0.15, 0.2) is 11.5 Å². The summed E-state index contributed by atoms with van der Waals surface area (Å²) in [5.74, 6) is 0.492. The second kappa shape index (κ2) is 8.02. The number of oxazole rings is 1. The largest absolute Gasteiger partial charge is 0.440 e. The minimum Gasteiger partial charge on any atom is -0.440 e. The molecule has 0 bridgehead atoms. The van der Waals surface area contributed by atoms with E-state index in [9.17, 15) is 9.59 Å². The number of nitrogens with zero attached hydrogens (tertiary/aromatic N) is 2. The Hall–Kier alpha value is -2.86. The molecule has 0 saturated carbocycles. The number of piperidine rings is 1. The van der Waals surface area contributed by atoms with Crippen molar-refractivity contribution in [3.05, 3.63) is 65.0 Å². The minimum atomic E-state index is -0.347. The number of aromatic nitrogens is 1. The number of hydrogen-bond donors (Lipinski definition) is 1. The molecule has 6 nitrogen and oxygen atoms in total. The van der Waals surface area contributed by atoms with Crippen LogP contribution in [0.4, 0.5) is 0 Å². The number of amides is 2. The molecule has 0 radical (unpaired) electrons. The number of benzene rings is 2. The van der Waals surface area contributed by atoms with Crippen molar-refractivity contribution in [2.45, 2.75) is 18.8 Å². The molecule has 7 heteroatoms. The Balaban J connectivity index is 1.30. The first-order chi connectivity index (χ1) is 13.6. The summed E-state index contributed by atoms with van der Waals surface area (Å²) in [5, 5.41) is 3.02. The number of carbonyl (C=O) groups is 2. The molecule has 1 fully saturated rings. The van der Waals surface area contributed by atoms with Crippen LogP contribution < -0.4 is 5.32 Å². The van der Waals surface area contributed by atoms with Crippen molar-refractivity contribution in [3.8, 4) is 0 Å². The zero-order valence-electron chi connectivity index (χ0n) is 15.2. The summed E-state index contributed by atoms with van der Waals surface area (Å²) in [6, 6.07) is 14.5. The highest BCUT2D eigenvalue weighted by atomic mass is 35.5. The highest BCUT2D eigenvalue weighted by Gasteiger charge is 2.27. The molecule has 0 aliphatic carbocycles. The van der Waals surface area contributed by atoms with Crippen molar-refractivity contribution < 1.29 is 14.0 Å². The van der Waals surface area contributed by atoms with Gasteiger partial charge in [-0.15, -0.1) is 0 Å². The Morgan fingerprint density at radius 1 is 1.11 bits per heavy atom. The molecule has 2 aromatic carbocycles. The van der Waals surface area contributed by atoms with E-state index in [0.29, 0.717) is 23.7 Å². The molecular formula is C21H20ClN3O3. The zero-order chi connectivity index (χ0) is 19.5. The lowest BCUT2D eigenvalue weighted by atomic mass is 9.97. The maximum atomic E-state index is 12.4. The number of rotatable bonds is 4. The second-order valence-corrected chi connectivity index (χ2v) is 7.24. The molecule has 1 saturated heterocycles. The molecule has 0 spiro atoms. The second-order valence-electron chi connectivity index (χ2n) is 6.84. The summed E-state index contributed by atoms with van der Waals surface area (Å²) >= 11 is 6.02. The number of carbonyl (C=O) groups excluding carboxylic acids is 2. The average Bonchev–Trinajstić information content (AvgIpc) is 3.16. The van der Waals surface area contributed by atoms with Crippen molar-refractivity contribution in [1.29, 1.82) is 0 Å². The highest BCUT2D eigenvalue weighted by molar-refractivity contribution is 6.33. The summed E-state index contributed by atoms with van der Waals surface area (Å²) in [7, 11) is 0. The van der Waals surface area contributed by atoms with Gasteiger partial charge in [0.25, 0.3) is 5.91 Å². The number of fused-ring (bicyclic) bond motifs is 1. The normalized spacial score (nSPS) is 15.0. The third-order valence-corrected chi connectivity index (χ3v) is 5.36. The van der Waals surface area contributed by atoms with Crippen LogP contribution in [0.5, 0.6) is 0 Å². The standard InChI is InChI=1S/C21H20ClN3O3/c22-16-6-2-1-5-15(16)20(27)23-13-19(26)25-11-9-14(10-12-25)21-24-17-7-3-4-8-18(17)28-21/h1-8,14H,9-13H2,(H,23,27). The van der Waals surface area contributed by atoms with Crippen molar-refractivity contribution in [2.24, 2.45) is 0 Å². The molecule has 4 rings (SSSR count). The van der Waals surface area contributed by atoms with E-state index in [1.807, 2.05) is 24.3 Å². The summed E-state index contributed by atoms with van der Waals surface area (Å²) < 4.78 is 5.86. The van der Waals surface area contributed by atoms with Gasteiger partial charge in [-0.25, -0.2) is 4.98 Å². The van der Waals surface area contributed by atoms with Crippen LogP contribution in [0.3, 0.4) is 0 Å². The van der Waals surface area contributed by atoms with Crippen LogP contribution in [0.25, 0.3) is 11.1 Å². The van der Waals surface area contributed by atoms with Crippen molar-refractivity contribution in [2.75, 3.05) is 19.6 Å². The van der Waals surface area contributed by atoms with Gasteiger partial charge in [-0.3, -0.25) is 9.59 Å². The first kappa shape index (κ1) is 18.5. The molecule has 1 aromatic heterocycles. The fraction of sp³-hybridized carbons (Fsp3) is 0.286. The molecule has 1 N–H and O–H groups in total. The number of halogens is 1. The van der Waals surface area contributed by atoms with E-state index in [4.69, 9.17) is 16.0 Å². The van der Waals surface area contributed by atoms with Crippen molar-refractivity contribution >= 4 is 34.5 Å². The van der Waals surface area contributed by atoms with Gasteiger partial charge in [0.1, 0.15) is 5.52 Å². The van der Waals surface area contributed by atoms with Crippen LogP contribution in [-0.2, 0) is 4.79 Å². The topological polar surface area (TPSA) is 75.4 Å². The Morgan fingerprint density at radius 3 is 2.57 bits per heavy atom. The van der Waals surface area contributed by atoms with E-state index in [1.165, 1.54) is 0 Å². The van der Waals surface area contributed by atoms with Gasteiger partial charge >= 0.3 is 0 Å². The number of hydrogen-bond acceptors (Lipinski definition) is 4. The van der Waals surface area contributed by atoms with Crippen LogP contribution in [0.1, 0.15) is 35.0 Å². The van der Waals surface area contributed by atoms with Crippen molar-refractivity contribution in [3.63, 3.8) is 0 Å². The van der Waals surface area contributed by atoms with E-state index in [2.05, 4.69) is 10.3 Å². The SMILES string of the molecule is O=C(NCC(=O)N1CCC(c2nc3ccccc3o2)CC1)c1ccccc1Cl. The third-order valence-electron chi connectivity index (χ3n) is 5.03. The van der Waals surface area contributed by atoms with Crippen LogP contribution in [0.2, 0.25) is 5.02 Å². The predicted octanol–water partition coefficient (Wildman–Crippen LogP) is 3.62. The molecular weight excluding hydrogens is 378 g/mol. The minimum absolute atomic E-state index is 0.0440. The third kappa shape index (κ3) is 3.87. The van der Waals surface area contributed by atoms with E-state index in [0.717, 1.165) is 29.8 Å². The lowest BCUT2D eigenvalue weighted by molar-refractivity contribution is -0.131. The molecule has 1 aliphatic heterocycles. The first-order valence-electron chi connectivity index (χ1n) is 9.28. The van der Waals surface area contributed by atoms with Crippen LogP contribution in [0, 0.1) is 0 Å². The van der Waals surface area contributed by atoms with Crippen LogP contribution >= 0.6 is 11.6 Å². The molecule has 2 amide bonds. The lowest BCUT2D eigenvalue weighted by Gasteiger charge is -2.30. The van der Waals surface area contributed by atoms with Gasteiger partial charge in [-0.1, -0.05) is 35.9 Å². The molecule has 3 aromatic rings. The van der Waals surface area contributed by atoms with E-state index < -0.39 is 0 Å². The fourth-order valence-corrected chi connectivity index (χ4v) is 3.67. The summed E-state index contributed by atoms with van der Waals surface area (Å²) in [4.78, 5) is 31.0. The maximum Gasteiger partial charge on any atom is 0.253 e. The Labute approximate surface area is 167 Å². The molecule has 1 aliphatic rings. The summed E-state index contributed by atoms with van der Waals surface area (Å²) in [6.45, 7) is 1.19. The van der Waals surface area contributed by atoms with Gasteiger partial charge in [0.2, 0.25) is 5.91 Å². The quantitative estimate of drug-likeness (QED) is 0.729. The van der Waals surface area contributed by atoms with Gasteiger partial charge < -0.3 is 14.6 Å². The Morgan fingerprint density at radius 2 is 1.82 bits per heavy atom. The van der Waals surface area contributed by atoms with Crippen LogP contribution in [0.15, 0.2) is 52.9 Å². The first-order valence-corrected chi connectivity index (χ1v) is 9.65. The van der Waals surface area contributed by atoms with Crippen molar-refractivity contribution in [1.82, 2.24) is 15.2 Å². The molecule has 144 valence electrons. The Bertz CT molecular complexity index is 976. The molecule has 28 heavy (non-hydrogen) atoms. The van der Waals surface area contributed by atoms with Gasteiger partial charge in [0.05, 0.1) is 17.1 Å². The molecule has 0 atom stereocenters. The van der Waals surface area contributed by atoms with Gasteiger partial charge in [0, 0.05) is 19.0 Å². The van der Waals surface area contributed by atoms with E-state index >= 15 is 0 Å². The molecule has 2 heterocycles. The average molecular weight is 398 g/mol. The van der Waals surface area contributed by atoms with E-state index in [1.54, 1.807) is 29.2 Å². The summed E-state index contributed by atoms with van der Waals surface area (Å²) in [5.41, 5.74) is 2.02. The van der Waals surface area contributed by atoms with Gasteiger partial charge in [-0.05, 0) is 37.1 Å². The maximum absolute atomic E-state index is 12.4. The van der Waals surface area contributed by atoms with Gasteiger partial charge in [-0.2, -0.15) is 0 Å². The highest BCUT2D eigenvalue weighted by Crippen LogP contribution is 2.29.